The van der Waals surface area contributed by atoms with E-state index >= 15 is 0 Å². The van der Waals surface area contributed by atoms with Gasteiger partial charge in [0.05, 0.1) is 18.5 Å². The van der Waals surface area contributed by atoms with Crippen LogP contribution in [0.25, 0.3) is 0 Å². The van der Waals surface area contributed by atoms with Crippen molar-refractivity contribution in [3.8, 4) is 0 Å². The van der Waals surface area contributed by atoms with Crippen molar-refractivity contribution in [2.24, 2.45) is 0 Å². The minimum atomic E-state index is -0.830. The van der Waals surface area contributed by atoms with Crippen LogP contribution < -0.4 is 5.48 Å². The second-order valence-corrected chi connectivity index (χ2v) is 4.50. The number of carbonyl (C=O) groups excluding carboxylic acids is 2. The molecule has 0 aliphatic carbocycles. The van der Waals surface area contributed by atoms with Crippen molar-refractivity contribution in [3.63, 3.8) is 0 Å². The maximum Gasteiger partial charge on any atom is 0.329 e. The highest BCUT2D eigenvalue weighted by atomic mass is 19.1. The smallest absolute Gasteiger partial charge is 0.329 e. The number of ketones is 1. The molecule has 0 aliphatic heterocycles. The number of hydrogen-bond acceptors (Lipinski definition) is 4. The molecule has 0 aromatic heterocycles. The van der Waals surface area contributed by atoms with E-state index in [9.17, 15) is 18.4 Å². The number of hydroxylamine groups is 1. The van der Waals surface area contributed by atoms with Crippen LogP contribution in [0.1, 0.15) is 15.9 Å². The summed E-state index contributed by atoms with van der Waals surface area (Å²) in [6.45, 7) is -0.444. The van der Waals surface area contributed by atoms with E-state index in [2.05, 4.69) is 10.3 Å². The molecule has 1 N–H and O–H groups in total. The van der Waals surface area contributed by atoms with E-state index in [1.165, 1.54) is 0 Å². The maximum absolute atomic E-state index is 13.4. The topological polar surface area (TPSA) is 55.4 Å². The van der Waals surface area contributed by atoms with Gasteiger partial charge in [-0.15, -0.1) is 5.48 Å². The molecule has 4 nitrogen and oxygen atoms in total. The van der Waals surface area contributed by atoms with Gasteiger partial charge in [-0.1, -0.05) is 30.3 Å². The third kappa shape index (κ3) is 4.46. The molecule has 2 rings (SSSR count). The second-order valence-electron chi connectivity index (χ2n) is 4.50. The molecule has 0 radical (unpaired) electrons. The van der Waals surface area contributed by atoms with Crippen LogP contribution in [0.3, 0.4) is 0 Å². The van der Waals surface area contributed by atoms with Crippen molar-refractivity contribution in [1.29, 1.82) is 0 Å². The molecule has 114 valence electrons. The Kier molecular flexibility index (Phi) is 5.32. The van der Waals surface area contributed by atoms with Crippen molar-refractivity contribution in [2.75, 3.05) is 6.54 Å². The van der Waals surface area contributed by atoms with Crippen molar-refractivity contribution in [3.05, 3.63) is 71.3 Å². The molecular formula is C16H13F2NO3. The fourth-order valence-electron chi connectivity index (χ4n) is 1.79. The molecule has 0 atom stereocenters. The minimum absolute atomic E-state index is 0.0381. The predicted molar refractivity (Wildman–Crippen MR) is 74.9 cm³/mol. The highest BCUT2D eigenvalue weighted by Gasteiger charge is 2.13. The molecule has 0 spiro atoms. The van der Waals surface area contributed by atoms with Gasteiger partial charge in [0.1, 0.15) is 11.6 Å². The molecule has 0 unspecified atom stereocenters. The predicted octanol–water partition coefficient (Wildman–Crippen LogP) is 2.44. The van der Waals surface area contributed by atoms with Crippen LogP contribution in [-0.4, -0.2) is 18.3 Å². The van der Waals surface area contributed by atoms with E-state index in [1.807, 2.05) is 6.07 Å². The number of halogens is 2. The van der Waals surface area contributed by atoms with Gasteiger partial charge in [0.2, 0.25) is 0 Å². The Labute approximate surface area is 125 Å². The van der Waals surface area contributed by atoms with Gasteiger partial charge in [-0.2, -0.15) is 0 Å². The Bertz CT molecular complexity index is 674. The first-order valence-electron chi connectivity index (χ1n) is 6.51. The number of Topliss-reactive ketones (excluding diaryl/α,β-unsaturated/α-hetero) is 1. The molecule has 2 aromatic carbocycles. The van der Waals surface area contributed by atoms with E-state index in [0.29, 0.717) is 0 Å². The lowest BCUT2D eigenvalue weighted by Gasteiger charge is -2.06. The Morgan fingerprint density at radius 2 is 1.77 bits per heavy atom. The molecule has 0 amide bonds. The van der Waals surface area contributed by atoms with Crippen molar-refractivity contribution < 1.29 is 23.2 Å². The summed E-state index contributed by atoms with van der Waals surface area (Å²) in [5, 5.41) is 0. The molecule has 0 bridgehead atoms. The normalized spacial score (nSPS) is 10.3. The number of carbonyl (C=O) groups is 2. The zero-order valence-corrected chi connectivity index (χ0v) is 11.5. The van der Waals surface area contributed by atoms with Gasteiger partial charge in [0.15, 0.2) is 5.78 Å². The zero-order valence-electron chi connectivity index (χ0n) is 11.5. The van der Waals surface area contributed by atoms with Gasteiger partial charge >= 0.3 is 5.97 Å². The largest absolute Gasteiger partial charge is 0.370 e. The van der Waals surface area contributed by atoms with Gasteiger partial charge < -0.3 is 4.84 Å². The monoisotopic (exact) mass is 305 g/mol. The number of benzene rings is 2. The van der Waals surface area contributed by atoms with Crippen LogP contribution in [0.5, 0.6) is 0 Å². The Morgan fingerprint density at radius 1 is 1.05 bits per heavy atom. The lowest BCUT2D eigenvalue weighted by atomic mass is 10.1. The number of rotatable bonds is 6. The first-order chi connectivity index (χ1) is 10.6. The van der Waals surface area contributed by atoms with E-state index < -0.39 is 35.5 Å². The van der Waals surface area contributed by atoms with Crippen LogP contribution in [0.15, 0.2) is 48.5 Å². The van der Waals surface area contributed by atoms with Gasteiger partial charge in [0, 0.05) is 0 Å². The quantitative estimate of drug-likeness (QED) is 0.658. The average Bonchev–Trinajstić information content (AvgIpc) is 2.50. The summed E-state index contributed by atoms with van der Waals surface area (Å²) in [5.41, 5.74) is 2.53. The summed E-state index contributed by atoms with van der Waals surface area (Å²) in [6, 6.07) is 11.5. The van der Waals surface area contributed by atoms with E-state index in [1.54, 1.807) is 24.3 Å². The van der Waals surface area contributed by atoms with Crippen LogP contribution >= 0.6 is 0 Å². The summed E-state index contributed by atoms with van der Waals surface area (Å²) in [6.07, 6.45) is 0.0381. The summed E-state index contributed by atoms with van der Waals surface area (Å²) < 4.78 is 26.3. The molecule has 6 heteroatoms. The summed E-state index contributed by atoms with van der Waals surface area (Å²) >= 11 is 0. The van der Waals surface area contributed by atoms with Crippen molar-refractivity contribution in [2.45, 2.75) is 6.42 Å². The Morgan fingerprint density at radius 3 is 2.50 bits per heavy atom. The van der Waals surface area contributed by atoms with Crippen LogP contribution in [-0.2, 0) is 16.1 Å². The number of hydrogen-bond donors (Lipinski definition) is 1. The number of nitrogens with one attached hydrogen (secondary N) is 1. The fourth-order valence-corrected chi connectivity index (χ4v) is 1.79. The lowest BCUT2D eigenvalue weighted by Crippen LogP contribution is -2.27. The average molecular weight is 305 g/mol. The van der Waals surface area contributed by atoms with E-state index in [-0.39, 0.29) is 6.42 Å². The van der Waals surface area contributed by atoms with Crippen molar-refractivity contribution >= 4 is 11.8 Å². The van der Waals surface area contributed by atoms with Crippen LogP contribution in [0.2, 0.25) is 0 Å². The fraction of sp³-hybridized carbons (Fsp3) is 0.125. The second kappa shape index (κ2) is 7.42. The molecular weight excluding hydrogens is 292 g/mol. The van der Waals surface area contributed by atoms with E-state index in [0.717, 1.165) is 23.8 Å². The molecule has 0 aliphatic rings. The Balaban J connectivity index is 1.82. The highest BCUT2D eigenvalue weighted by Crippen LogP contribution is 2.10. The lowest BCUT2D eigenvalue weighted by molar-refractivity contribution is -0.149. The van der Waals surface area contributed by atoms with Crippen molar-refractivity contribution in [1.82, 2.24) is 5.48 Å². The molecule has 0 fully saturated rings. The third-order valence-electron chi connectivity index (χ3n) is 2.84. The molecule has 0 heterocycles. The first-order valence-corrected chi connectivity index (χ1v) is 6.51. The van der Waals surface area contributed by atoms with Gasteiger partial charge in [-0.3, -0.25) is 9.59 Å². The van der Waals surface area contributed by atoms with Gasteiger partial charge in [-0.05, 0) is 23.8 Å². The third-order valence-corrected chi connectivity index (χ3v) is 2.84. The van der Waals surface area contributed by atoms with Gasteiger partial charge in [0.25, 0.3) is 0 Å². The SMILES string of the molecule is O=C(Cc1ccccc1)ONCC(=O)c1cc(F)ccc1F. The Hall–Kier alpha value is -2.60. The highest BCUT2D eigenvalue weighted by molar-refractivity contribution is 5.97. The maximum atomic E-state index is 13.4. The van der Waals surface area contributed by atoms with Gasteiger partial charge in [-0.25, -0.2) is 8.78 Å². The summed E-state index contributed by atoms with van der Waals surface area (Å²) in [4.78, 5) is 27.9. The molecule has 22 heavy (non-hydrogen) atoms. The van der Waals surface area contributed by atoms with Crippen LogP contribution in [0, 0.1) is 11.6 Å². The molecule has 2 aromatic rings. The van der Waals surface area contributed by atoms with E-state index in [4.69, 9.17) is 0 Å². The first kappa shape index (κ1) is 15.8. The molecule has 0 saturated heterocycles. The minimum Gasteiger partial charge on any atom is -0.370 e. The standard InChI is InChI=1S/C16H13F2NO3/c17-12-6-7-14(18)13(9-12)15(20)10-19-22-16(21)8-11-4-2-1-3-5-11/h1-7,9,19H,8,10H2. The summed E-state index contributed by atoms with van der Waals surface area (Å²) in [7, 11) is 0. The molecule has 0 saturated carbocycles. The summed E-state index contributed by atoms with van der Waals surface area (Å²) in [5.74, 6) is -2.85. The van der Waals surface area contributed by atoms with Crippen LogP contribution in [0.4, 0.5) is 8.78 Å². The zero-order chi connectivity index (χ0) is 15.9.